The van der Waals surface area contributed by atoms with E-state index < -0.39 is 4.92 Å². The molecule has 0 unspecified atom stereocenters. The molecule has 3 aromatic carbocycles. The minimum atomic E-state index is -0.427. The standard InChI is InChI=1S/C26H24N8O2/c35-34(36)24-25(29-20-11-13-22(14-12-20)31-30-21-7-3-1-4-8-21)27-19-28-26(24)33-17-15-32(16-18-33)23-9-5-2-6-10-23/h1-14,19H,15-18H2,(H,27,28,29). The number of para-hydroxylation sites is 1. The van der Waals surface area contributed by atoms with Gasteiger partial charge < -0.3 is 15.1 Å². The topological polar surface area (TPSA) is 112 Å². The molecule has 4 aromatic rings. The third kappa shape index (κ3) is 5.27. The van der Waals surface area contributed by atoms with Gasteiger partial charge in [0.25, 0.3) is 0 Å². The summed E-state index contributed by atoms with van der Waals surface area (Å²) in [6.07, 6.45) is 1.36. The molecule has 0 bridgehead atoms. The molecule has 0 spiro atoms. The van der Waals surface area contributed by atoms with Crippen molar-refractivity contribution in [3.05, 3.63) is 101 Å². The van der Waals surface area contributed by atoms with Gasteiger partial charge in [0.2, 0.25) is 11.6 Å². The van der Waals surface area contributed by atoms with Gasteiger partial charge in [-0.15, -0.1) is 0 Å². The van der Waals surface area contributed by atoms with Crippen LogP contribution in [0, 0.1) is 10.1 Å². The molecule has 1 aromatic heterocycles. The van der Waals surface area contributed by atoms with Crippen molar-refractivity contribution in [3.8, 4) is 0 Å². The van der Waals surface area contributed by atoms with Gasteiger partial charge in [0, 0.05) is 37.6 Å². The van der Waals surface area contributed by atoms with Crippen molar-refractivity contribution in [1.29, 1.82) is 0 Å². The minimum absolute atomic E-state index is 0.140. The average molecular weight is 481 g/mol. The number of nitrogens with one attached hydrogen (secondary N) is 1. The van der Waals surface area contributed by atoms with Gasteiger partial charge in [-0.25, -0.2) is 9.97 Å². The normalized spacial score (nSPS) is 13.7. The van der Waals surface area contributed by atoms with Crippen molar-refractivity contribution in [1.82, 2.24) is 9.97 Å². The Hall–Kier alpha value is -4.86. The Morgan fingerprint density at radius 1 is 0.750 bits per heavy atom. The zero-order valence-electron chi connectivity index (χ0n) is 19.4. The number of aromatic nitrogens is 2. The maximum atomic E-state index is 12.1. The summed E-state index contributed by atoms with van der Waals surface area (Å²) in [6, 6.07) is 26.7. The van der Waals surface area contributed by atoms with Crippen LogP contribution in [0.3, 0.4) is 0 Å². The fourth-order valence-corrected chi connectivity index (χ4v) is 4.03. The van der Waals surface area contributed by atoms with Gasteiger partial charge in [-0.2, -0.15) is 10.2 Å². The predicted octanol–water partition coefficient (Wildman–Crippen LogP) is 5.87. The Morgan fingerprint density at radius 2 is 1.33 bits per heavy atom. The highest BCUT2D eigenvalue weighted by Crippen LogP contribution is 2.34. The summed E-state index contributed by atoms with van der Waals surface area (Å²) < 4.78 is 0. The molecule has 2 heterocycles. The van der Waals surface area contributed by atoms with E-state index in [0.29, 0.717) is 30.3 Å². The number of nitro groups is 1. The van der Waals surface area contributed by atoms with Crippen LogP contribution in [0.5, 0.6) is 0 Å². The number of anilines is 4. The molecule has 1 N–H and O–H groups in total. The number of nitrogens with zero attached hydrogens (tertiary/aromatic N) is 7. The van der Waals surface area contributed by atoms with Gasteiger partial charge in [0.15, 0.2) is 0 Å². The maximum Gasteiger partial charge on any atom is 0.353 e. The molecule has 1 fully saturated rings. The lowest BCUT2D eigenvalue weighted by atomic mass is 10.2. The predicted molar refractivity (Wildman–Crippen MR) is 140 cm³/mol. The van der Waals surface area contributed by atoms with Crippen LogP contribution in [0.4, 0.5) is 40.1 Å². The molecular weight excluding hydrogens is 456 g/mol. The van der Waals surface area contributed by atoms with Crippen LogP contribution in [-0.2, 0) is 0 Å². The number of hydrogen-bond acceptors (Lipinski definition) is 9. The molecule has 10 heteroatoms. The van der Waals surface area contributed by atoms with Crippen LogP contribution in [-0.4, -0.2) is 41.1 Å². The number of rotatable bonds is 7. The van der Waals surface area contributed by atoms with Gasteiger partial charge in [0.1, 0.15) is 6.33 Å². The number of hydrogen-bond donors (Lipinski definition) is 1. The van der Waals surface area contributed by atoms with Crippen LogP contribution < -0.4 is 15.1 Å². The molecule has 1 aliphatic heterocycles. The summed E-state index contributed by atoms with van der Waals surface area (Å²) >= 11 is 0. The molecule has 0 aliphatic carbocycles. The molecule has 1 saturated heterocycles. The third-order valence-corrected chi connectivity index (χ3v) is 5.85. The molecular formula is C26H24N8O2. The van der Waals surface area contributed by atoms with Crippen molar-refractivity contribution >= 4 is 40.1 Å². The first-order valence-corrected chi connectivity index (χ1v) is 11.6. The quantitative estimate of drug-likeness (QED) is 0.200. The number of piperazine rings is 1. The van der Waals surface area contributed by atoms with Crippen molar-refractivity contribution in [2.24, 2.45) is 10.2 Å². The van der Waals surface area contributed by atoms with Crippen molar-refractivity contribution in [3.63, 3.8) is 0 Å². The van der Waals surface area contributed by atoms with E-state index in [-0.39, 0.29) is 11.5 Å². The van der Waals surface area contributed by atoms with Gasteiger partial charge in [-0.3, -0.25) is 10.1 Å². The second kappa shape index (κ2) is 10.6. The SMILES string of the molecule is O=[N+]([O-])c1c(Nc2ccc(N=Nc3ccccc3)cc2)ncnc1N1CCN(c2ccccc2)CC1. The zero-order valence-corrected chi connectivity index (χ0v) is 19.4. The highest BCUT2D eigenvalue weighted by Gasteiger charge is 2.29. The Labute approximate surface area is 208 Å². The van der Waals surface area contributed by atoms with E-state index in [1.807, 2.05) is 53.4 Å². The van der Waals surface area contributed by atoms with Crippen LogP contribution in [0.15, 0.2) is 101 Å². The Balaban J connectivity index is 1.30. The summed E-state index contributed by atoms with van der Waals surface area (Å²) in [5, 5.41) is 23.6. The monoisotopic (exact) mass is 480 g/mol. The second-order valence-corrected chi connectivity index (χ2v) is 8.17. The van der Waals surface area contributed by atoms with Gasteiger partial charge >= 0.3 is 5.69 Å². The maximum absolute atomic E-state index is 12.1. The van der Waals surface area contributed by atoms with Crippen molar-refractivity contribution < 1.29 is 4.92 Å². The fourth-order valence-electron chi connectivity index (χ4n) is 4.03. The molecule has 0 amide bonds. The van der Waals surface area contributed by atoms with E-state index in [2.05, 4.69) is 42.5 Å². The lowest BCUT2D eigenvalue weighted by Crippen LogP contribution is -2.47. The smallest absolute Gasteiger partial charge is 0.353 e. The lowest BCUT2D eigenvalue weighted by molar-refractivity contribution is -0.383. The van der Waals surface area contributed by atoms with E-state index in [9.17, 15) is 10.1 Å². The molecule has 10 nitrogen and oxygen atoms in total. The Bertz CT molecular complexity index is 1340. The highest BCUT2D eigenvalue weighted by molar-refractivity contribution is 5.75. The second-order valence-electron chi connectivity index (χ2n) is 8.17. The van der Waals surface area contributed by atoms with Crippen molar-refractivity contribution in [2.45, 2.75) is 0 Å². The summed E-state index contributed by atoms with van der Waals surface area (Å²) in [5.74, 6) is 0.465. The molecule has 1 aliphatic rings. The summed E-state index contributed by atoms with van der Waals surface area (Å²) in [7, 11) is 0. The van der Waals surface area contributed by atoms with Crippen LogP contribution in [0.1, 0.15) is 0 Å². The number of azo groups is 1. The first-order chi connectivity index (χ1) is 17.7. The van der Waals surface area contributed by atoms with Crippen molar-refractivity contribution in [2.75, 3.05) is 41.3 Å². The van der Waals surface area contributed by atoms with Gasteiger partial charge in [0.05, 0.1) is 16.3 Å². The largest absolute Gasteiger partial charge is 0.368 e. The van der Waals surface area contributed by atoms with E-state index in [1.165, 1.54) is 6.33 Å². The summed E-state index contributed by atoms with van der Waals surface area (Å²) in [4.78, 5) is 24.3. The molecule has 0 radical (unpaired) electrons. The summed E-state index contributed by atoms with van der Waals surface area (Å²) in [6.45, 7) is 2.72. The minimum Gasteiger partial charge on any atom is -0.368 e. The zero-order chi connectivity index (χ0) is 24.7. The van der Waals surface area contributed by atoms with Crippen LogP contribution >= 0.6 is 0 Å². The van der Waals surface area contributed by atoms with Gasteiger partial charge in [-0.1, -0.05) is 36.4 Å². The first-order valence-electron chi connectivity index (χ1n) is 11.6. The van der Waals surface area contributed by atoms with Crippen LogP contribution in [0.2, 0.25) is 0 Å². The lowest BCUT2D eigenvalue weighted by Gasteiger charge is -2.36. The van der Waals surface area contributed by atoms with E-state index in [0.717, 1.165) is 24.5 Å². The van der Waals surface area contributed by atoms with E-state index >= 15 is 0 Å². The molecule has 0 atom stereocenters. The molecule has 0 saturated carbocycles. The highest BCUT2D eigenvalue weighted by atomic mass is 16.6. The molecule has 5 rings (SSSR count). The molecule has 180 valence electrons. The van der Waals surface area contributed by atoms with Gasteiger partial charge in [-0.05, 0) is 48.5 Å². The van der Waals surface area contributed by atoms with E-state index in [4.69, 9.17) is 0 Å². The Morgan fingerprint density at radius 3 is 1.97 bits per heavy atom. The number of benzene rings is 3. The van der Waals surface area contributed by atoms with E-state index in [1.54, 1.807) is 24.3 Å². The summed E-state index contributed by atoms with van der Waals surface area (Å²) in [5.41, 5.74) is 3.07. The fraction of sp³-hybridized carbons (Fsp3) is 0.154. The average Bonchev–Trinajstić information content (AvgIpc) is 2.93. The Kier molecular flexibility index (Phi) is 6.74. The van der Waals surface area contributed by atoms with Crippen LogP contribution in [0.25, 0.3) is 0 Å². The molecule has 36 heavy (non-hydrogen) atoms. The third-order valence-electron chi connectivity index (χ3n) is 5.85. The first kappa shape index (κ1) is 22.9.